The predicted molar refractivity (Wildman–Crippen MR) is 95.7 cm³/mol. The number of nitrogens with one attached hydrogen (secondary N) is 1. The Bertz CT molecular complexity index is 702. The summed E-state index contributed by atoms with van der Waals surface area (Å²) in [7, 11) is 0. The van der Waals surface area contributed by atoms with Gasteiger partial charge in [-0.15, -0.1) is 11.8 Å². The van der Waals surface area contributed by atoms with Gasteiger partial charge in [0.1, 0.15) is 6.07 Å². The lowest BCUT2D eigenvalue weighted by molar-refractivity contribution is -0.115. The molecule has 23 heavy (non-hydrogen) atoms. The summed E-state index contributed by atoms with van der Waals surface area (Å²) >= 11 is 1.66. The van der Waals surface area contributed by atoms with E-state index in [9.17, 15) is 4.79 Å². The van der Waals surface area contributed by atoms with Crippen molar-refractivity contribution in [3.63, 3.8) is 0 Å². The second-order valence-corrected chi connectivity index (χ2v) is 6.70. The molecule has 0 aliphatic carbocycles. The summed E-state index contributed by atoms with van der Waals surface area (Å²) in [5, 5.41) is 11.8. The Hall–Kier alpha value is -2.25. The van der Waals surface area contributed by atoms with E-state index < -0.39 is 0 Å². The third kappa shape index (κ3) is 5.15. The molecule has 0 saturated carbocycles. The van der Waals surface area contributed by atoms with Gasteiger partial charge in [-0.25, -0.2) is 0 Å². The summed E-state index contributed by atoms with van der Waals surface area (Å²) in [4.78, 5) is 13.1. The fourth-order valence-corrected chi connectivity index (χ4v) is 2.96. The molecule has 0 aliphatic heterocycles. The molecule has 0 heterocycles. The summed E-state index contributed by atoms with van der Waals surface area (Å²) in [6, 6.07) is 17.6. The van der Waals surface area contributed by atoms with E-state index in [4.69, 9.17) is 5.26 Å². The van der Waals surface area contributed by atoms with E-state index in [2.05, 4.69) is 49.5 Å². The number of hydrogen-bond donors (Lipinski definition) is 1. The number of nitriles is 1. The van der Waals surface area contributed by atoms with Crippen LogP contribution in [0.1, 0.15) is 37.3 Å². The predicted octanol–water partition coefficient (Wildman–Crippen LogP) is 4.80. The first kappa shape index (κ1) is 17.1. The van der Waals surface area contributed by atoms with Crippen molar-refractivity contribution in [3.8, 4) is 6.07 Å². The van der Waals surface area contributed by atoms with Crippen LogP contribution in [-0.2, 0) is 4.79 Å². The number of rotatable bonds is 6. The minimum atomic E-state index is -0.0704. The highest BCUT2D eigenvalue weighted by Crippen LogP contribution is 2.22. The Labute approximate surface area is 141 Å². The molecule has 0 spiro atoms. The fourth-order valence-electron chi connectivity index (χ4n) is 2.11. The maximum atomic E-state index is 12.0. The highest BCUT2D eigenvalue weighted by Gasteiger charge is 2.06. The zero-order chi connectivity index (χ0) is 16.7. The number of carbonyl (C=O) groups is 1. The molecule has 0 aromatic heterocycles. The monoisotopic (exact) mass is 324 g/mol. The third-order valence-corrected chi connectivity index (χ3v) is 4.48. The SMILES string of the molecule is CC(C)c1ccc(SCCC(=O)Nc2ccccc2C#N)cc1. The summed E-state index contributed by atoms with van der Waals surface area (Å²) < 4.78 is 0. The Kier molecular flexibility index (Phi) is 6.25. The first-order valence-electron chi connectivity index (χ1n) is 7.62. The molecule has 2 rings (SSSR count). The zero-order valence-corrected chi connectivity index (χ0v) is 14.2. The lowest BCUT2D eigenvalue weighted by Gasteiger charge is -2.08. The number of carbonyl (C=O) groups excluding carboxylic acids is 1. The number of nitrogens with zero attached hydrogens (tertiary/aromatic N) is 1. The summed E-state index contributed by atoms with van der Waals surface area (Å²) in [5.41, 5.74) is 2.38. The molecule has 0 fully saturated rings. The van der Waals surface area contributed by atoms with Crippen LogP contribution in [0.3, 0.4) is 0 Å². The first-order chi connectivity index (χ1) is 11.1. The molecule has 0 bridgehead atoms. The highest BCUT2D eigenvalue weighted by molar-refractivity contribution is 7.99. The highest BCUT2D eigenvalue weighted by atomic mass is 32.2. The lowest BCUT2D eigenvalue weighted by Crippen LogP contribution is -2.13. The topological polar surface area (TPSA) is 52.9 Å². The van der Waals surface area contributed by atoms with Crippen molar-refractivity contribution in [1.82, 2.24) is 0 Å². The van der Waals surface area contributed by atoms with Crippen LogP contribution in [0, 0.1) is 11.3 Å². The quantitative estimate of drug-likeness (QED) is 0.776. The fraction of sp³-hybridized carbons (Fsp3) is 0.263. The van der Waals surface area contributed by atoms with Gasteiger partial charge < -0.3 is 5.32 Å². The largest absolute Gasteiger partial charge is 0.325 e. The summed E-state index contributed by atoms with van der Waals surface area (Å²) in [6.07, 6.45) is 0.413. The maximum Gasteiger partial charge on any atom is 0.225 e. The molecular formula is C19H20N2OS. The minimum absolute atomic E-state index is 0.0704. The molecule has 1 amide bonds. The molecular weight excluding hydrogens is 304 g/mol. The van der Waals surface area contributed by atoms with Crippen molar-refractivity contribution in [3.05, 3.63) is 59.7 Å². The van der Waals surface area contributed by atoms with E-state index in [1.54, 1.807) is 30.0 Å². The standard InChI is InChI=1S/C19H20N2OS/c1-14(2)15-7-9-17(10-8-15)23-12-11-19(22)21-18-6-4-3-5-16(18)13-20/h3-10,14H,11-12H2,1-2H3,(H,21,22). The van der Waals surface area contributed by atoms with Crippen LogP contribution in [-0.4, -0.2) is 11.7 Å². The van der Waals surface area contributed by atoms with Gasteiger partial charge in [0, 0.05) is 17.1 Å². The number of hydrogen-bond acceptors (Lipinski definition) is 3. The Morgan fingerprint density at radius 2 is 1.87 bits per heavy atom. The molecule has 2 aromatic carbocycles. The van der Waals surface area contributed by atoms with Gasteiger partial charge in [0.05, 0.1) is 11.3 Å². The van der Waals surface area contributed by atoms with Crippen LogP contribution in [0.2, 0.25) is 0 Å². The van der Waals surface area contributed by atoms with Crippen LogP contribution in [0.15, 0.2) is 53.4 Å². The molecule has 0 saturated heterocycles. The Morgan fingerprint density at radius 1 is 1.17 bits per heavy atom. The molecule has 1 N–H and O–H groups in total. The van der Waals surface area contributed by atoms with Gasteiger partial charge in [-0.3, -0.25) is 4.79 Å². The van der Waals surface area contributed by atoms with Crippen molar-refractivity contribution in [2.24, 2.45) is 0 Å². The normalized spacial score (nSPS) is 10.3. The molecule has 4 heteroatoms. The van der Waals surface area contributed by atoms with Crippen molar-refractivity contribution in [2.45, 2.75) is 31.1 Å². The molecule has 0 radical (unpaired) electrons. The van der Waals surface area contributed by atoms with E-state index in [0.29, 0.717) is 29.3 Å². The number of amides is 1. The van der Waals surface area contributed by atoms with E-state index in [1.165, 1.54) is 10.5 Å². The van der Waals surface area contributed by atoms with Crippen LogP contribution in [0.25, 0.3) is 0 Å². The third-order valence-electron chi connectivity index (χ3n) is 3.47. The molecule has 3 nitrogen and oxygen atoms in total. The van der Waals surface area contributed by atoms with Crippen LogP contribution < -0.4 is 5.32 Å². The average Bonchev–Trinajstić information content (AvgIpc) is 2.56. The van der Waals surface area contributed by atoms with Crippen molar-refractivity contribution in [2.75, 3.05) is 11.1 Å². The number of para-hydroxylation sites is 1. The van der Waals surface area contributed by atoms with Crippen LogP contribution in [0.5, 0.6) is 0 Å². The van der Waals surface area contributed by atoms with Gasteiger partial charge in [0.25, 0.3) is 0 Å². The molecule has 118 valence electrons. The van der Waals surface area contributed by atoms with Gasteiger partial charge in [0.15, 0.2) is 0 Å². The zero-order valence-electron chi connectivity index (χ0n) is 13.4. The van der Waals surface area contributed by atoms with Gasteiger partial charge in [0.2, 0.25) is 5.91 Å². The number of benzene rings is 2. The van der Waals surface area contributed by atoms with Crippen molar-refractivity contribution >= 4 is 23.4 Å². The van der Waals surface area contributed by atoms with Gasteiger partial charge >= 0.3 is 0 Å². The van der Waals surface area contributed by atoms with Gasteiger partial charge in [-0.2, -0.15) is 5.26 Å². The molecule has 0 aliphatic rings. The van der Waals surface area contributed by atoms with E-state index in [1.807, 2.05) is 6.07 Å². The average molecular weight is 324 g/mol. The summed E-state index contributed by atoms with van der Waals surface area (Å²) in [5.74, 6) is 1.17. The van der Waals surface area contributed by atoms with Crippen LogP contribution in [0.4, 0.5) is 5.69 Å². The first-order valence-corrected chi connectivity index (χ1v) is 8.60. The molecule has 2 aromatic rings. The Morgan fingerprint density at radius 3 is 2.52 bits per heavy atom. The maximum absolute atomic E-state index is 12.0. The Balaban J connectivity index is 1.82. The van der Waals surface area contributed by atoms with Gasteiger partial charge in [-0.1, -0.05) is 38.1 Å². The van der Waals surface area contributed by atoms with Gasteiger partial charge in [-0.05, 0) is 35.7 Å². The van der Waals surface area contributed by atoms with E-state index in [0.717, 1.165) is 0 Å². The second kappa shape index (κ2) is 8.40. The molecule has 0 atom stereocenters. The molecule has 0 unspecified atom stereocenters. The van der Waals surface area contributed by atoms with Crippen LogP contribution >= 0.6 is 11.8 Å². The summed E-state index contributed by atoms with van der Waals surface area (Å²) in [6.45, 7) is 4.34. The lowest BCUT2D eigenvalue weighted by atomic mass is 10.0. The number of anilines is 1. The van der Waals surface area contributed by atoms with Crippen molar-refractivity contribution in [1.29, 1.82) is 5.26 Å². The van der Waals surface area contributed by atoms with E-state index in [-0.39, 0.29) is 5.91 Å². The van der Waals surface area contributed by atoms with E-state index >= 15 is 0 Å². The number of thioether (sulfide) groups is 1. The smallest absolute Gasteiger partial charge is 0.225 e. The second-order valence-electron chi connectivity index (χ2n) is 5.53. The van der Waals surface area contributed by atoms with Crippen molar-refractivity contribution < 1.29 is 4.79 Å². The minimum Gasteiger partial charge on any atom is -0.325 e.